The van der Waals surface area contributed by atoms with Crippen LogP contribution in [0.5, 0.6) is 0 Å². The molecule has 1 saturated heterocycles. The van der Waals surface area contributed by atoms with Gasteiger partial charge in [-0.2, -0.15) is 13.2 Å². The molecular weight excluding hydrogens is 267 g/mol. The third-order valence-electron chi connectivity index (χ3n) is 3.52. The first-order valence-electron chi connectivity index (χ1n) is 6.74. The van der Waals surface area contributed by atoms with Crippen molar-refractivity contribution < 1.29 is 17.9 Å². The van der Waals surface area contributed by atoms with Crippen LogP contribution in [-0.2, 0) is 16.3 Å². The Morgan fingerprint density at radius 1 is 1.05 bits per heavy atom. The lowest BCUT2D eigenvalue weighted by molar-refractivity contribution is -0.137. The van der Waals surface area contributed by atoms with E-state index >= 15 is 0 Å². The number of hydrogen-bond acceptors (Lipinski definition) is 2. The molecule has 1 aromatic rings. The Bertz CT molecular complexity index is 471. The van der Waals surface area contributed by atoms with Crippen molar-refractivity contribution >= 4 is 5.69 Å². The van der Waals surface area contributed by atoms with Crippen LogP contribution in [0.15, 0.2) is 18.2 Å². The molecule has 1 heterocycles. The number of halogens is 3. The number of nitrogens with zero attached hydrogens (tertiary/aromatic N) is 1. The molecule has 0 unspecified atom stereocenters. The Kier molecular flexibility index (Phi) is 4.00. The number of ether oxygens (including phenoxy) is 1. The summed E-state index contributed by atoms with van der Waals surface area (Å²) < 4.78 is 45.1. The molecule has 2 nitrogen and oxygen atoms in total. The lowest BCUT2D eigenvalue weighted by Crippen LogP contribution is -2.37. The van der Waals surface area contributed by atoms with Crippen molar-refractivity contribution in [3.05, 3.63) is 29.3 Å². The summed E-state index contributed by atoms with van der Waals surface area (Å²) in [5, 5.41) is 0. The third-order valence-corrected chi connectivity index (χ3v) is 3.52. The highest BCUT2D eigenvalue weighted by molar-refractivity contribution is 5.57. The van der Waals surface area contributed by atoms with Crippen LogP contribution in [0.3, 0.4) is 0 Å². The predicted molar refractivity (Wildman–Crippen MR) is 73.2 cm³/mol. The van der Waals surface area contributed by atoms with Crippen molar-refractivity contribution in [2.75, 3.05) is 31.2 Å². The summed E-state index contributed by atoms with van der Waals surface area (Å²) in [5.41, 5.74) is 0.103. The minimum atomic E-state index is -4.34. The smallest absolute Gasteiger partial charge is 0.378 e. The molecule has 1 aliphatic rings. The van der Waals surface area contributed by atoms with Gasteiger partial charge in [0.25, 0.3) is 0 Å². The molecule has 1 aromatic carbocycles. The molecular formula is C15H20F3NO. The largest absolute Gasteiger partial charge is 0.418 e. The van der Waals surface area contributed by atoms with Gasteiger partial charge in [-0.25, -0.2) is 0 Å². The lowest BCUT2D eigenvalue weighted by atomic mass is 9.85. The summed E-state index contributed by atoms with van der Waals surface area (Å²) in [6, 6.07) is 4.67. The Hall–Kier alpha value is -1.23. The van der Waals surface area contributed by atoms with Gasteiger partial charge in [0.05, 0.1) is 18.8 Å². The lowest BCUT2D eigenvalue weighted by Gasteiger charge is -2.32. The van der Waals surface area contributed by atoms with E-state index in [9.17, 15) is 13.2 Å². The van der Waals surface area contributed by atoms with Crippen LogP contribution < -0.4 is 4.90 Å². The van der Waals surface area contributed by atoms with E-state index in [-0.39, 0.29) is 11.1 Å². The number of rotatable bonds is 1. The summed E-state index contributed by atoms with van der Waals surface area (Å²) in [4.78, 5) is 1.75. The first-order chi connectivity index (χ1) is 9.19. The molecule has 5 heteroatoms. The summed E-state index contributed by atoms with van der Waals surface area (Å²) in [7, 11) is 0. The number of benzene rings is 1. The molecule has 0 spiro atoms. The molecule has 0 aromatic heterocycles. The Morgan fingerprint density at radius 2 is 1.65 bits per heavy atom. The van der Waals surface area contributed by atoms with E-state index in [0.29, 0.717) is 31.9 Å². The van der Waals surface area contributed by atoms with Crippen LogP contribution in [0.1, 0.15) is 31.9 Å². The Balaban J connectivity index is 2.45. The first kappa shape index (κ1) is 15.2. The van der Waals surface area contributed by atoms with Gasteiger partial charge < -0.3 is 9.64 Å². The Morgan fingerprint density at radius 3 is 2.15 bits per heavy atom. The van der Waals surface area contributed by atoms with Crippen LogP contribution in [0.2, 0.25) is 0 Å². The van der Waals surface area contributed by atoms with Gasteiger partial charge in [0.2, 0.25) is 0 Å². The zero-order valence-corrected chi connectivity index (χ0v) is 12.0. The zero-order chi connectivity index (χ0) is 15.0. The van der Waals surface area contributed by atoms with Crippen molar-refractivity contribution in [2.45, 2.75) is 32.4 Å². The fourth-order valence-corrected chi connectivity index (χ4v) is 2.31. The molecule has 1 fully saturated rings. The molecule has 0 bridgehead atoms. The van der Waals surface area contributed by atoms with Crippen molar-refractivity contribution in [3.8, 4) is 0 Å². The molecule has 0 radical (unpaired) electrons. The fraction of sp³-hybridized carbons (Fsp3) is 0.600. The molecule has 2 rings (SSSR count). The minimum Gasteiger partial charge on any atom is -0.378 e. The topological polar surface area (TPSA) is 12.5 Å². The second-order valence-electron chi connectivity index (χ2n) is 6.08. The second-order valence-corrected chi connectivity index (χ2v) is 6.08. The summed E-state index contributed by atoms with van der Waals surface area (Å²) in [6.45, 7) is 7.68. The number of hydrogen-bond donors (Lipinski definition) is 0. The fourth-order valence-electron chi connectivity index (χ4n) is 2.31. The summed E-state index contributed by atoms with van der Waals surface area (Å²) in [6.07, 6.45) is -4.34. The van der Waals surface area contributed by atoms with Crippen LogP contribution in [0.25, 0.3) is 0 Å². The van der Waals surface area contributed by atoms with Gasteiger partial charge in [-0.15, -0.1) is 0 Å². The molecule has 112 valence electrons. The van der Waals surface area contributed by atoms with Gasteiger partial charge in [0.1, 0.15) is 0 Å². The highest BCUT2D eigenvalue weighted by Crippen LogP contribution is 2.39. The number of morpholine rings is 1. The summed E-state index contributed by atoms with van der Waals surface area (Å²) >= 11 is 0. The molecule has 0 saturated carbocycles. The normalized spacial score (nSPS) is 17.4. The SMILES string of the molecule is CC(C)(C)c1ccc(N2CCOCC2)c(C(F)(F)F)c1. The van der Waals surface area contributed by atoms with Crippen molar-refractivity contribution in [1.82, 2.24) is 0 Å². The van der Waals surface area contributed by atoms with Gasteiger partial charge in [-0.05, 0) is 23.1 Å². The van der Waals surface area contributed by atoms with Gasteiger partial charge in [0, 0.05) is 18.8 Å². The van der Waals surface area contributed by atoms with E-state index in [1.807, 2.05) is 20.8 Å². The van der Waals surface area contributed by atoms with Crippen molar-refractivity contribution in [3.63, 3.8) is 0 Å². The van der Waals surface area contributed by atoms with Crippen LogP contribution in [0.4, 0.5) is 18.9 Å². The van der Waals surface area contributed by atoms with Crippen molar-refractivity contribution in [1.29, 1.82) is 0 Å². The standard InChI is InChI=1S/C15H20F3NO/c1-14(2,3)11-4-5-13(12(10-11)15(16,17)18)19-6-8-20-9-7-19/h4-5,10H,6-9H2,1-3H3. The molecule has 0 aliphatic carbocycles. The molecule has 0 N–H and O–H groups in total. The molecule has 0 atom stereocenters. The van der Waals surface area contributed by atoms with E-state index < -0.39 is 11.7 Å². The minimum absolute atomic E-state index is 0.258. The average molecular weight is 287 g/mol. The van der Waals surface area contributed by atoms with Crippen LogP contribution in [-0.4, -0.2) is 26.3 Å². The highest BCUT2D eigenvalue weighted by atomic mass is 19.4. The van der Waals surface area contributed by atoms with Gasteiger partial charge in [-0.1, -0.05) is 26.8 Å². The van der Waals surface area contributed by atoms with Crippen LogP contribution in [0, 0.1) is 0 Å². The van der Waals surface area contributed by atoms with E-state index in [1.165, 1.54) is 6.07 Å². The van der Waals surface area contributed by atoms with Gasteiger partial charge in [-0.3, -0.25) is 0 Å². The maximum Gasteiger partial charge on any atom is 0.418 e. The van der Waals surface area contributed by atoms with E-state index in [2.05, 4.69) is 0 Å². The van der Waals surface area contributed by atoms with Gasteiger partial charge in [0.15, 0.2) is 0 Å². The number of alkyl halides is 3. The third kappa shape index (κ3) is 3.26. The average Bonchev–Trinajstić information content (AvgIpc) is 2.37. The van der Waals surface area contributed by atoms with E-state index in [0.717, 1.165) is 0 Å². The van der Waals surface area contributed by atoms with Gasteiger partial charge >= 0.3 is 6.18 Å². The molecule has 0 amide bonds. The monoisotopic (exact) mass is 287 g/mol. The highest BCUT2D eigenvalue weighted by Gasteiger charge is 2.36. The van der Waals surface area contributed by atoms with Crippen molar-refractivity contribution in [2.24, 2.45) is 0 Å². The number of anilines is 1. The van der Waals surface area contributed by atoms with E-state index in [1.54, 1.807) is 17.0 Å². The molecule has 20 heavy (non-hydrogen) atoms. The maximum atomic E-state index is 13.3. The van der Waals surface area contributed by atoms with E-state index in [4.69, 9.17) is 4.74 Å². The second kappa shape index (κ2) is 5.28. The first-order valence-corrected chi connectivity index (χ1v) is 6.74. The maximum absolute atomic E-state index is 13.3. The Labute approximate surface area is 117 Å². The molecule has 1 aliphatic heterocycles. The summed E-state index contributed by atoms with van der Waals surface area (Å²) in [5.74, 6) is 0. The predicted octanol–water partition coefficient (Wildman–Crippen LogP) is 3.84. The zero-order valence-electron chi connectivity index (χ0n) is 12.0. The quantitative estimate of drug-likeness (QED) is 0.778. The van der Waals surface area contributed by atoms with Crippen LogP contribution >= 0.6 is 0 Å².